The molecule has 4 nitrogen and oxygen atoms in total. The van der Waals surface area contributed by atoms with Crippen LogP contribution in [0.1, 0.15) is 22.5 Å². The third kappa shape index (κ3) is 3.09. The number of hydrogen-bond acceptors (Lipinski definition) is 3. The Morgan fingerprint density at radius 3 is 2.40 bits per heavy atom. The van der Waals surface area contributed by atoms with E-state index in [9.17, 15) is 13.2 Å². The molecule has 3 aromatic rings. The first-order valence-electron chi connectivity index (χ1n) is 7.60. The molecule has 1 N–H and O–H groups in total. The van der Waals surface area contributed by atoms with Crippen molar-refractivity contribution in [2.75, 3.05) is 5.32 Å². The SMILES string of the molecule is C=C(Nc1ccc(C(F)(F)F)cc1)c1cnc2c(nc(C)n2C)c1C. The fourth-order valence-corrected chi connectivity index (χ4v) is 2.64. The highest BCUT2D eigenvalue weighted by Gasteiger charge is 2.29. The number of fused-ring (bicyclic) bond motifs is 1. The van der Waals surface area contributed by atoms with Crippen molar-refractivity contribution in [2.45, 2.75) is 20.0 Å². The zero-order valence-electron chi connectivity index (χ0n) is 14.1. The number of nitrogens with one attached hydrogen (secondary N) is 1. The molecule has 0 fully saturated rings. The van der Waals surface area contributed by atoms with Gasteiger partial charge in [-0.25, -0.2) is 9.97 Å². The molecule has 7 heteroatoms. The molecule has 25 heavy (non-hydrogen) atoms. The van der Waals surface area contributed by atoms with E-state index in [0.29, 0.717) is 11.4 Å². The molecule has 0 aliphatic heterocycles. The smallest absolute Gasteiger partial charge is 0.355 e. The zero-order valence-corrected chi connectivity index (χ0v) is 14.1. The third-order valence-corrected chi connectivity index (χ3v) is 4.20. The molecule has 0 bridgehead atoms. The van der Waals surface area contributed by atoms with Gasteiger partial charge in [-0.05, 0) is 43.7 Å². The number of rotatable bonds is 3. The second-order valence-corrected chi connectivity index (χ2v) is 5.87. The van der Waals surface area contributed by atoms with Crippen LogP contribution < -0.4 is 5.32 Å². The van der Waals surface area contributed by atoms with E-state index in [1.54, 1.807) is 6.20 Å². The van der Waals surface area contributed by atoms with Crippen LogP contribution in [0, 0.1) is 13.8 Å². The van der Waals surface area contributed by atoms with Gasteiger partial charge >= 0.3 is 6.18 Å². The number of aromatic nitrogens is 3. The van der Waals surface area contributed by atoms with Crippen molar-refractivity contribution in [3.8, 4) is 0 Å². The van der Waals surface area contributed by atoms with Crippen molar-refractivity contribution in [1.29, 1.82) is 0 Å². The van der Waals surface area contributed by atoms with Gasteiger partial charge < -0.3 is 9.88 Å². The Balaban J connectivity index is 1.89. The molecule has 2 heterocycles. The van der Waals surface area contributed by atoms with Crippen LogP contribution in [0.15, 0.2) is 37.0 Å². The van der Waals surface area contributed by atoms with Crippen LogP contribution in [0.5, 0.6) is 0 Å². The van der Waals surface area contributed by atoms with Crippen LogP contribution >= 0.6 is 0 Å². The Labute approximate surface area is 143 Å². The minimum atomic E-state index is -4.35. The van der Waals surface area contributed by atoms with Crippen molar-refractivity contribution in [3.63, 3.8) is 0 Å². The maximum absolute atomic E-state index is 12.6. The topological polar surface area (TPSA) is 42.7 Å². The number of halogens is 3. The van der Waals surface area contributed by atoms with Gasteiger partial charge in [0.15, 0.2) is 5.65 Å². The number of anilines is 1. The van der Waals surface area contributed by atoms with Crippen LogP contribution in [-0.2, 0) is 13.2 Å². The molecule has 3 rings (SSSR count). The van der Waals surface area contributed by atoms with E-state index in [1.807, 2.05) is 25.5 Å². The summed E-state index contributed by atoms with van der Waals surface area (Å²) in [5.41, 5.74) is 3.63. The number of nitrogens with zero attached hydrogens (tertiary/aromatic N) is 3. The van der Waals surface area contributed by atoms with Gasteiger partial charge in [-0.1, -0.05) is 6.58 Å². The van der Waals surface area contributed by atoms with Crippen LogP contribution in [0.25, 0.3) is 16.9 Å². The average Bonchev–Trinajstić information content (AvgIpc) is 2.83. The largest absolute Gasteiger partial charge is 0.416 e. The molecular formula is C18H17F3N4. The molecule has 0 spiro atoms. The summed E-state index contributed by atoms with van der Waals surface area (Å²) in [5, 5.41) is 3.03. The predicted molar refractivity (Wildman–Crippen MR) is 92.1 cm³/mol. The number of hydrogen-bond donors (Lipinski definition) is 1. The molecule has 0 saturated carbocycles. The summed E-state index contributed by atoms with van der Waals surface area (Å²) in [4.78, 5) is 8.93. The van der Waals surface area contributed by atoms with E-state index in [2.05, 4.69) is 21.9 Å². The molecule has 0 aliphatic carbocycles. The van der Waals surface area contributed by atoms with Crippen LogP contribution in [0.4, 0.5) is 18.9 Å². The van der Waals surface area contributed by atoms with E-state index in [4.69, 9.17) is 0 Å². The molecule has 0 saturated heterocycles. The van der Waals surface area contributed by atoms with Gasteiger partial charge in [0.25, 0.3) is 0 Å². The Hall–Kier alpha value is -2.83. The van der Waals surface area contributed by atoms with Gasteiger partial charge in [0.2, 0.25) is 0 Å². The molecule has 0 unspecified atom stereocenters. The number of aryl methyl sites for hydroxylation is 3. The van der Waals surface area contributed by atoms with Gasteiger partial charge in [-0.2, -0.15) is 13.2 Å². The summed E-state index contributed by atoms with van der Waals surface area (Å²) in [5.74, 6) is 0.851. The van der Waals surface area contributed by atoms with E-state index in [1.165, 1.54) is 12.1 Å². The van der Waals surface area contributed by atoms with E-state index >= 15 is 0 Å². The highest BCUT2D eigenvalue weighted by atomic mass is 19.4. The lowest BCUT2D eigenvalue weighted by Gasteiger charge is -2.13. The van der Waals surface area contributed by atoms with Crippen LogP contribution in [0.3, 0.4) is 0 Å². The Morgan fingerprint density at radius 1 is 1.16 bits per heavy atom. The molecule has 2 aromatic heterocycles. The quantitative estimate of drug-likeness (QED) is 0.748. The molecule has 0 aliphatic rings. The van der Waals surface area contributed by atoms with Gasteiger partial charge in [0.1, 0.15) is 11.3 Å². The van der Waals surface area contributed by atoms with E-state index in [-0.39, 0.29) is 0 Å². The number of pyridine rings is 1. The zero-order chi connectivity index (χ0) is 18.4. The summed E-state index contributed by atoms with van der Waals surface area (Å²) in [6.07, 6.45) is -2.66. The second-order valence-electron chi connectivity index (χ2n) is 5.87. The summed E-state index contributed by atoms with van der Waals surface area (Å²) in [7, 11) is 1.89. The van der Waals surface area contributed by atoms with Gasteiger partial charge in [0, 0.05) is 30.2 Å². The minimum absolute atomic E-state index is 0.523. The van der Waals surface area contributed by atoms with Gasteiger partial charge in [-0.15, -0.1) is 0 Å². The first-order chi connectivity index (χ1) is 11.7. The molecular weight excluding hydrogens is 329 g/mol. The number of alkyl halides is 3. The minimum Gasteiger partial charge on any atom is -0.355 e. The van der Waals surface area contributed by atoms with Crippen molar-refractivity contribution in [3.05, 3.63) is 59.6 Å². The van der Waals surface area contributed by atoms with Crippen molar-refractivity contribution < 1.29 is 13.2 Å². The van der Waals surface area contributed by atoms with Crippen LogP contribution in [-0.4, -0.2) is 14.5 Å². The molecule has 1 aromatic carbocycles. The fraction of sp³-hybridized carbons (Fsp3) is 0.222. The highest BCUT2D eigenvalue weighted by molar-refractivity contribution is 5.85. The van der Waals surface area contributed by atoms with Gasteiger partial charge in [-0.3, -0.25) is 0 Å². The normalized spacial score (nSPS) is 11.8. The van der Waals surface area contributed by atoms with E-state index in [0.717, 1.165) is 40.2 Å². The highest BCUT2D eigenvalue weighted by Crippen LogP contribution is 2.31. The lowest BCUT2D eigenvalue weighted by atomic mass is 10.1. The molecule has 0 amide bonds. The lowest BCUT2D eigenvalue weighted by molar-refractivity contribution is -0.137. The summed E-state index contributed by atoms with van der Waals surface area (Å²) in [6.45, 7) is 7.80. The first-order valence-corrected chi connectivity index (χ1v) is 7.60. The monoisotopic (exact) mass is 346 g/mol. The Kier molecular flexibility index (Phi) is 4.02. The molecule has 130 valence electrons. The van der Waals surface area contributed by atoms with Crippen LogP contribution in [0.2, 0.25) is 0 Å². The van der Waals surface area contributed by atoms with Gasteiger partial charge in [0.05, 0.1) is 5.56 Å². The fourth-order valence-electron chi connectivity index (χ4n) is 2.64. The Bertz CT molecular complexity index is 953. The number of benzene rings is 1. The lowest BCUT2D eigenvalue weighted by Crippen LogP contribution is -2.05. The summed E-state index contributed by atoms with van der Waals surface area (Å²) in [6, 6.07) is 4.82. The third-order valence-electron chi connectivity index (χ3n) is 4.20. The maximum Gasteiger partial charge on any atom is 0.416 e. The molecule has 0 radical (unpaired) electrons. The summed E-state index contributed by atoms with van der Waals surface area (Å²) >= 11 is 0. The summed E-state index contributed by atoms with van der Waals surface area (Å²) < 4.78 is 39.8. The molecule has 0 atom stereocenters. The van der Waals surface area contributed by atoms with Crippen molar-refractivity contribution >= 4 is 22.5 Å². The Morgan fingerprint density at radius 2 is 1.80 bits per heavy atom. The van der Waals surface area contributed by atoms with E-state index < -0.39 is 11.7 Å². The standard InChI is InChI=1S/C18H17F3N4/c1-10-15(9-22-17-16(10)24-12(3)25(17)4)11(2)23-14-7-5-13(6-8-14)18(19,20)21/h5-9,23H,2H2,1,3-4H3. The van der Waals surface area contributed by atoms with Crippen molar-refractivity contribution in [1.82, 2.24) is 14.5 Å². The maximum atomic E-state index is 12.6. The first kappa shape index (κ1) is 17.0. The predicted octanol–water partition coefficient (Wildman–Crippen LogP) is 4.69. The average molecular weight is 346 g/mol. The van der Waals surface area contributed by atoms with Crippen molar-refractivity contribution in [2.24, 2.45) is 7.05 Å². The second kappa shape index (κ2) is 5.91. The number of imidazole rings is 1.